The first-order chi connectivity index (χ1) is 4.80. The first-order valence-corrected chi connectivity index (χ1v) is 2.90. The third kappa shape index (κ3) is 1.48. The van der Waals surface area contributed by atoms with Crippen LogP contribution in [0.2, 0.25) is 0 Å². The fraction of sp³-hybridized carbons (Fsp3) is 0. The van der Waals surface area contributed by atoms with Crippen molar-refractivity contribution in [3.05, 3.63) is 36.2 Å². The Bertz CT molecular complexity index is 226. The summed E-state index contributed by atoms with van der Waals surface area (Å²) in [5.74, 6) is -0.424. The molecule has 1 aliphatic rings. The van der Waals surface area contributed by atoms with Crippen LogP contribution in [0.5, 0.6) is 0 Å². The summed E-state index contributed by atoms with van der Waals surface area (Å²) < 4.78 is 0. The fourth-order valence-electron chi connectivity index (χ4n) is 0.610. The Morgan fingerprint density at radius 3 is 3.00 bits per heavy atom. The van der Waals surface area contributed by atoms with Crippen molar-refractivity contribution < 1.29 is 4.79 Å². The minimum Gasteiger partial charge on any atom is -0.367 e. The van der Waals surface area contributed by atoms with Gasteiger partial charge in [-0.15, -0.1) is 0 Å². The molecule has 3 nitrogen and oxygen atoms in total. The highest BCUT2D eigenvalue weighted by molar-refractivity contribution is 5.94. The molecule has 0 aliphatic carbocycles. The molecule has 1 heterocycles. The van der Waals surface area contributed by atoms with Gasteiger partial charge in [-0.3, -0.25) is 4.79 Å². The van der Waals surface area contributed by atoms with Crippen LogP contribution in [0.4, 0.5) is 0 Å². The van der Waals surface area contributed by atoms with Crippen LogP contribution in [0.25, 0.3) is 0 Å². The van der Waals surface area contributed by atoms with E-state index in [-0.39, 0.29) is 0 Å². The Kier molecular flexibility index (Phi) is 1.89. The van der Waals surface area contributed by atoms with Crippen LogP contribution < -0.4 is 11.1 Å². The van der Waals surface area contributed by atoms with E-state index in [1.165, 1.54) is 0 Å². The van der Waals surface area contributed by atoms with Crippen LogP contribution in [0.3, 0.4) is 0 Å². The van der Waals surface area contributed by atoms with Crippen molar-refractivity contribution in [2.24, 2.45) is 5.73 Å². The molecule has 1 rings (SSSR count). The van der Waals surface area contributed by atoms with E-state index in [9.17, 15) is 4.79 Å². The molecule has 0 aromatic carbocycles. The van der Waals surface area contributed by atoms with Gasteiger partial charge in [-0.2, -0.15) is 0 Å². The number of hydrogen-bond acceptors (Lipinski definition) is 2. The number of rotatable bonds is 1. The number of carbonyl (C=O) groups excluding carboxylic acids is 1. The quantitative estimate of drug-likeness (QED) is 0.534. The van der Waals surface area contributed by atoms with E-state index in [0.29, 0.717) is 5.57 Å². The topological polar surface area (TPSA) is 55.1 Å². The lowest BCUT2D eigenvalue weighted by atomic mass is 10.2. The summed E-state index contributed by atoms with van der Waals surface area (Å²) in [7, 11) is 0. The van der Waals surface area contributed by atoms with Gasteiger partial charge in [0.1, 0.15) is 0 Å². The Hall–Kier alpha value is -1.51. The van der Waals surface area contributed by atoms with Gasteiger partial charge < -0.3 is 11.1 Å². The highest BCUT2D eigenvalue weighted by Crippen LogP contribution is 1.96. The second-order valence-electron chi connectivity index (χ2n) is 1.85. The molecular weight excluding hydrogens is 128 g/mol. The zero-order valence-electron chi connectivity index (χ0n) is 5.37. The molecule has 0 spiro atoms. The molecule has 0 atom stereocenters. The van der Waals surface area contributed by atoms with Gasteiger partial charge in [0.05, 0.1) is 5.57 Å². The number of nitrogens with two attached hydrogens (primary N) is 1. The SMILES string of the molecule is NC(=O)C1=CNC=CC=C1. The lowest BCUT2D eigenvalue weighted by Crippen LogP contribution is -2.13. The lowest BCUT2D eigenvalue weighted by molar-refractivity contribution is -0.114. The van der Waals surface area contributed by atoms with Crippen molar-refractivity contribution in [3.63, 3.8) is 0 Å². The van der Waals surface area contributed by atoms with E-state index in [2.05, 4.69) is 5.32 Å². The minimum atomic E-state index is -0.424. The van der Waals surface area contributed by atoms with Gasteiger partial charge in [-0.1, -0.05) is 6.08 Å². The molecule has 52 valence electrons. The van der Waals surface area contributed by atoms with Gasteiger partial charge in [0.15, 0.2) is 0 Å². The molecule has 0 saturated carbocycles. The molecule has 0 fully saturated rings. The van der Waals surface area contributed by atoms with E-state index in [1.807, 2.05) is 0 Å². The number of carbonyl (C=O) groups is 1. The van der Waals surface area contributed by atoms with Crippen LogP contribution in [0, 0.1) is 0 Å². The van der Waals surface area contributed by atoms with E-state index in [1.54, 1.807) is 30.6 Å². The molecule has 0 bridgehead atoms. The maximum Gasteiger partial charge on any atom is 0.250 e. The highest BCUT2D eigenvalue weighted by atomic mass is 16.1. The Morgan fingerprint density at radius 2 is 2.30 bits per heavy atom. The zero-order valence-corrected chi connectivity index (χ0v) is 5.37. The van der Waals surface area contributed by atoms with Gasteiger partial charge in [0.2, 0.25) is 5.91 Å². The average Bonchev–Trinajstić information content (AvgIpc) is 2.12. The first kappa shape index (κ1) is 6.61. The summed E-state index contributed by atoms with van der Waals surface area (Å²) in [5, 5.41) is 2.77. The summed E-state index contributed by atoms with van der Waals surface area (Å²) in [5.41, 5.74) is 5.49. The van der Waals surface area contributed by atoms with E-state index >= 15 is 0 Å². The van der Waals surface area contributed by atoms with E-state index in [4.69, 9.17) is 5.73 Å². The van der Waals surface area contributed by atoms with Gasteiger partial charge in [0.25, 0.3) is 0 Å². The summed E-state index contributed by atoms with van der Waals surface area (Å²) in [6, 6.07) is 0. The minimum absolute atomic E-state index is 0.424. The predicted octanol–water partition coefficient (Wildman–Crippen LogP) is 0.0287. The van der Waals surface area contributed by atoms with Gasteiger partial charge >= 0.3 is 0 Å². The molecule has 3 heteroatoms. The summed E-state index contributed by atoms with van der Waals surface area (Å²) in [6.07, 6.45) is 8.46. The number of nitrogens with one attached hydrogen (secondary N) is 1. The lowest BCUT2D eigenvalue weighted by Gasteiger charge is -1.91. The van der Waals surface area contributed by atoms with Crippen LogP contribution in [0.15, 0.2) is 36.2 Å². The highest BCUT2D eigenvalue weighted by Gasteiger charge is 1.98. The summed E-state index contributed by atoms with van der Waals surface area (Å²) in [4.78, 5) is 10.5. The Balaban J connectivity index is 2.78. The molecular formula is C7H8N2O. The van der Waals surface area contributed by atoms with Crippen molar-refractivity contribution in [1.29, 1.82) is 0 Å². The van der Waals surface area contributed by atoms with Gasteiger partial charge in [-0.05, 0) is 12.2 Å². The predicted molar refractivity (Wildman–Crippen MR) is 38.7 cm³/mol. The molecule has 1 amide bonds. The smallest absolute Gasteiger partial charge is 0.250 e. The second-order valence-corrected chi connectivity index (χ2v) is 1.85. The monoisotopic (exact) mass is 136 g/mol. The van der Waals surface area contributed by atoms with Crippen LogP contribution in [0.1, 0.15) is 0 Å². The maximum atomic E-state index is 10.5. The molecule has 0 saturated heterocycles. The van der Waals surface area contributed by atoms with Crippen LogP contribution in [-0.4, -0.2) is 5.91 Å². The molecule has 0 radical (unpaired) electrons. The van der Waals surface area contributed by atoms with Crippen molar-refractivity contribution >= 4 is 5.91 Å². The van der Waals surface area contributed by atoms with Crippen molar-refractivity contribution in [1.82, 2.24) is 5.32 Å². The average molecular weight is 136 g/mol. The Labute approximate surface area is 58.9 Å². The summed E-state index contributed by atoms with van der Waals surface area (Å²) in [6.45, 7) is 0. The fourth-order valence-corrected chi connectivity index (χ4v) is 0.610. The molecule has 0 aromatic heterocycles. The first-order valence-electron chi connectivity index (χ1n) is 2.90. The largest absolute Gasteiger partial charge is 0.367 e. The second kappa shape index (κ2) is 2.87. The summed E-state index contributed by atoms with van der Waals surface area (Å²) >= 11 is 0. The van der Waals surface area contributed by atoms with E-state index in [0.717, 1.165) is 0 Å². The molecule has 3 N–H and O–H groups in total. The molecule has 10 heavy (non-hydrogen) atoms. The number of primary amides is 1. The normalized spacial score (nSPS) is 15.4. The molecule has 1 aliphatic heterocycles. The van der Waals surface area contributed by atoms with Crippen molar-refractivity contribution in [3.8, 4) is 0 Å². The third-order valence-corrected chi connectivity index (χ3v) is 1.10. The van der Waals surface area contributed by atoms with Gasteiger partial charge in [-0.25, -0.2) is 0 Å². The van der Waals surface area contributed by atoms with Crippen molar-refractivity contribution in [2.45, 2.75) is 0 Å². The molecule has 0 unspecified atom stereocenters. The van der Waals surface area contributed by atoms with Crippen molar-refractivity contribution in [2.75, 3.05) is 0 Å². The van der Waals surface area contributed by atoms with E-state index < -0.39 is 5.91 Å². The number of hydrogen-bond donors (Lipinski definition) is 2. The Morgan fingerprint density at radius 1 is 1.50 bits per heavy atom. The number of allylic oxidation sites excluding steroid dienone is 2. The van der Waals surface area contributed by atoms with Crippen LogP contribution in [-0.2, 0) is 4.79 Å². The van der Waals surface area contributed by atoms with Crippen LogP contribution >= 0.6 is 0 Å². The maximum absolute atomic E-state index is 10.5. The standard InChI is InChI=1S/C7H8N2O/c8-7(10)6-3-1-2-4-9-5-6/h1-5,9H,(H2,8,10). The number of amides is 1. The third-order valence-electron chi connectivity index (χ3n) is 1.10. The zero-order chi connectivity index (χ0) is 7.40. The van der Waals surface area contributed by atoms with Gasteiger partial charge in [0, 0.05) is 12.4 Å². The molecule has 0 aromatic rings.